The van der Waals surface area contributed by atoms with E-state index in [1.807, 2.05) is 4.90 Å². The van der Waals surface area contributed by atoms with Gasteiger partial charge in [0.1, 0.15) is 0 Å². The quantitative estimate of drug-likeness (QED) is 0.889. The van der Waals surface area contributed by atoms with Crippen LogP contribution in [0.15, 0.2) is 18.2 Å². The van der Waals surface area contributed by atoms with Gasteiger partial charge >= 0.3 is 0 Å². The number of hydrogen-bond donors (Lipinski definition) is 1. The van der Waals surface area contributed by atoms with E-state index < -0.39 is 0 Å². The molecule has 1 unspecified atom stereocenters. The fourth-order valence-electron chi connectivity index (χ4n) is 3.28. The van der Waals surface area contributed by atoms with Crippen LogP contribution < -0.4 is 10.2 Å². The van der Waals surface area contributed by atoms with Crippen molar-refractivity contribution in [2.75, 3.05) is 37.6 Å². The van der Waals surface area contributed by atoms with Crippen molar-refractivity contribution < 1.29 is 9.59 Å². The third kappa shape index (κ3) is 2.80. The first kappa shape index (κ1) is 14.9. The average Bonchev–Trinajstić information content (AvgIpc) is 2.96. The topological polar surface area (TPSA) is 52.6 Å². The summed E-state index contributed by atoms with van der Waals surface area (Å²) in [6.45, 7) is 7.94. The van der Waals surface area contributed by atoms with Crippen LogP contribution in [0.4, 0.5) is 5.69 Å². The summed E-state index contributed by atoms with van der Waals surface area (Å²) in [6, 6.07) is 6.37. The van der Waals surface area contributed by atoms with Gasteiger partial charge in [0.25, 0.3) is 0 Å². The highest BCUT2D eigenvalue weighted by Gasteiger charge is 2.32. The summed E-state index contributed by atoms with van der Waals surface area (Å²) >= 11 is 0. The van der Waals surface area contributed by atoms with Gasteiger partial charge in [-0.2, -0.15) is 0 Å². The lowest BCUT2D eigenvalue weighted by Crippen LogP contribution is -2.50. The summed E-state index contributed by atoms with van der Waals surface area (Å²) in [6.07, 6.45) is 0.343. The van der Waals surface area contributed by atoms with E-state index >= 15 is 0 Å². The second-order valence-corrected chi connectivity index (χ2v) is 6.24. The highest BCUT2D eigenvalue weighted by Crippen LogP contribution is 2.24. The van der Waals surface area contributed by atoms with Crippen molar-refractivity contribution in [1.82, 2.24) is 10.2 Å². The predicted octanol–water partition coefficient (Wildman–Crippen LogP) is 1.09. The first-order chi connectivity index (χ1) is 10.6. The third-order valence-electron chi connectivity index (χ3n) is 4.83. The second-order valence-electron chi connectivity index (χ2n) is 6.24. The molecule has 2 fully saturated rings. The first-order valence-corrected chi connectivity index (χ1v) is 7.93. The minimum absolute atomic E-state index is 0.00706. The monoisotopic (exact) mass is 301 g/mol. The molecule has 0 bridgehead atoms. The molecule has 1 atom stereocenters. The van der Waals surface area contributed by atoms with Gasteiger partial charge in [-0.15, -0.1) is 0 Å². The molecule has 2 aliphatic rings. The maximum Gasteiger partial charge on any atom is 0.228 e. The summed E-state index contributed by atoms with van der Waals surface area (Å²) < 4.78 is 0. The Labute approximate surface area is 131 Å². The molecule has 1 aromatic carbocycles. The number of piperazine rings is 1. The molecular formula is C17H23N3O2. The van der Waals surface area contributed by atoms with E-state index in [0.29, 0.717) is 13.0 Å². The summed E-state index contributed by atoms with van der Waals surface area (Å²) in [5.41, 5.74) is 3.88. The highest BCUT2D eigenvalue weighted by molar-refractivity contribution is 5.89. The largest absolute Gasteiger partial charge is 0.368 e. The minimum atomic E-state index is -0.167. The van der Waals surface area contributed by atoms with Gasteiger partial charge in [-0.25, -0.2) is 0 Å². The number of hydrogen-bond acceptors (Lipinski definition) is 3. The van der Waals surface area contributed by atoms with Crippen molar-refractivity contribution in [2.45, 2.75) is 20.3 Å². The standard InChI is InChI=1S/C17H23N3O2/c1-12-4-3-5-15(13(12)2)19-6-8-20(9-7-19)17(22)14-10-16(21)18-11-14/h3-5,14H,6-11H2,1-2H3,(H,18,21). The lowest BCUT2D eigenvalue weighted by Gasteiger charge is -2.37. The van der Waals surface area contributed by atoms with Crippen molar-refractivity contribution >= 4 is 17.5 Å². The van der Waals surface area contributed by atoms with E-state index in [9.17, 15) is 9.59 Å². The first-order valence-electron chi connectivity index (χ1n) is 7.93. The molecule has 2 amide bonds. The SMILES string of the molecule is Cc1cccc(N2CCN(C(=O)C3CNC(=O)C3)CC2)c1C. The van der Waals surface area contributed by atoms with Crippen LogP contribution in [0.1, 0.15) is 17.5 Å². The fraction of sp³-hybridized carbons (Fsp3) is 0.529. The van der Waals surface area contributed by atoms with Crippen LogP contribution in [0.3, 0.4) is 0 Å². The fourth-order valence-corrected chi connectivity index (χ4v) is 3.28. The van der Waals surface area contributed by atoms with Gasteiger partial charge in [-0.05, 0) is 31.0 Å². The Kier molecular flexibility index (Phi) is 4.05. The molecule has 0 radical (unpaired) electrons. The Hall–Kier alpha value is -2.04. The molecule has 0 aliphatic carbocycles. The molecule has 1 aromatic rings. The van der Waals surface area contributed by atoms with Crippen LogP contribution in [-0.4, -0.2) is 49.4 Å². The Balaban J connectivity index is 1.62. The van der Waals surface area contributed by atoms with E-state index in [4.69, 9.17) is 0 Å². The average molecular weight is 301 g/mol. The van der Waals surface area contributed by atoms with E-state index in [0.717, 1.165) is 26.2 Å². The number of nitrogens with one attached hydrogen (secondary N) is 1. The Bertz CT molecular complexity index is 592. The molecule has 5 nitrogen and oxygen atoms in total. The van der Waals surface area contributed by atoms with Gasteiger partial charge in [-0.1, -0.05) is 12.1 Å². The Morgan fingerprint density at radius 1 is 1.18 bits per heavy atom. The van der Waals surface area contributed by atoms with Crippen molar-refractivity contribution in [2.24, 2.45) is 5.92 Å². The maximum atomic E-state index is 12.4. The summed E-state index contributed by atoms with van der Waals surface area (Å²) in [5, 5.41) is 2.74. The molecule has 2 saturated heterocycles. The van der Waals surface area contributed by atoms with E-state index in [1.54, 1.807) is 0 Å². The van der Waals surface area contributed by atoms with Gasteiger partial charge in [0, 0.05) is 44.8 Å². The zero-order chi connectivity index (χ0) is 15.7. The van der Waals surface area contributed by atoms with Crippen LogP contribution >= 0.6 is 0 Å². The molecule has 1 N–H and O–H groups in total. The Morgan fingerprint density at radius 3 is 2.55 bits per heavy atom. The lowest BCUT2D eigenvalue weighted by molar-refractivity contribution is -0.136. The summed E-state index contributed by atoms with van der Waals surface area (Å²) in [4.78, 5) is 27.9. The molecular weight excluding hydrogens is 278 g/mol. The van der Waals surface area contributed by atoms with Crippen LogP contribution in [0.25, 0.3) is 0 Å². The zero-order valence-electron chi connectivity index (χ0n) is 13.3. The van der Waals surface area contributed by atoms with Gasteiger partial charge in [0.2, 0.25) is 11.8 Å². The molecule has 3 rings (SSSR count). The summed E-state index contributed by atoms with van der Waals surface area (Å²) in [7, 11) is 0. The molecule has 2 aliphatic heterocycles. The molecule has 22 heavy (non-hydrogen) atoms. The van der Waals surface area contributed by atoms with Crippen molar-refractivity contribution in [3.8, 4) is 0 Å². The molecule has 0 saturated carbocycles. The van der Waals surface area contributed by atoms with E-state index in [-0.39, 0.29) is 17.7 Å². The molecule has 5 heteroatoms. The second kappa shape index (κ2) is 5.99. The van der Waals surface area contributed by atoms with Crippen molar-refractivity contribution in [1.29, 1.82) is 0 Å². The Morgan fingerprint density at radius 2 is 1.91 bits per heavy atom. The normalized spacial score (nSPS) is 21.9. The molecule has 118 valence electrons. The van der Waals surface area contributed by atoms with Crippen LogP contribution in [0.2, 0.25) is 0 Å². The zero-order valence-corrected chi connectivity index (χ0v) is 13.3. The molecule has 0 aromatic heterocycles. The number of nitrogens with zero attached hydrogens (tertiary/aromatic N) is 2. The van der Waals surface area contributed by atoms with Gasteiger partial charge in [-0.3, -0.25) is 9.59 Å². The van der Waals surface area contributed by atoms with Crippen molar-refractivity contribution in [3.63, 3.8) is 0 Å². The molecule has 2 heterocycles. The number of benzene rings is 1. The van der Waals surface area contributed by atoms with Crippen molar-refractivity contribution in [3.05, 3.63) is 29.3 Å². The smallest absolute Gasteiger partial charge is 0.228 e. The van der Waals surface area contributed by atoms with Crippen LogP contribution in [0.5, 0.6) is 0 Å². The van der Waals surface area contributed by atoms with Crippen LogP contribution in [0, 0.1) is 19.8 Å². The van der Waals surface area contributed by atoms with Crippen LogP contribution in [-0.2, 0) is 9.59 Å². The number of aryl methyl sites for hydroxylation is 1. The van der Waals surface area contributed by atoms with Gasteiger partial charge < -0.3 is 15.1 Å². The maximum absolute atomic E-state index is 12.4. The third-order valence-corrected chi connectivity index (χ3v) is 4.83. The summed E-state index contributed by atoms with van der Waals surface area (Å²) in [5.74, 6) is -0.0499. The van der Waals surface area contributed by atoms with Gasteiger partial charge in [0.05, 0.1) is 5.92 Å². The lowest BCUT2D eigenvalue weighted by atomic mass is 10.1. The van der Waals surface area contributed by atoms with E-state index in [2.05, 4.69) is 42.3 Å². The van der Waals surface area contributed by atoms with Gasteiger partial charge in [0.15, 0.2) is 0 Å². The molecule has 0 spiro atoms. The number of amides is 2. The number of carbonyl (C=O) groups excluding carboxylic acids is 2. The predicted molar refractivity (Wildman–Crippen MR) is 85.8 cm³/mol. The number of rotatable bonds is 2. The minimum Gasteiger partial charge on any atom is -0.368 e. The van der Waals surface area contributed by atoms with E-state index in [1.165, 1.54) is 16.8 Å². The highest BCUT2D eigenvalue weighted by atomic mass is 16.2. The number of carbonyl (C=O) groups is 2. The number of anilines is 1.